The van der Waals surface area contributed by atoms with Gasteiger partial charge in [0.25, 0.3) is 0 Å². The van der Waals surface area contributed by atoms with Gasteiger partial charge in [-0.15, -0.1) is 0 Å². The summed E-state index contributed by atoms with van der Waals surface area (Å²) in [5, 5.41) is 6.44. The molecule has 5 heteroatoms. The number of hydrogen-bond acceptors (Lipinski definition) is 2. The number of nitrogens with one attached hydrogen (secondary N) is 2. The van der Waals surface area contributed by atoms with Gasteiger partial charge >= 0.3 is 0 Å². The van der Waals surface area contributed by atoms with Gasteiger partial charge in [0.2, 0.25) is 0 Å². The minimum atomic E-state index is -0.361. The Hall–Kier alpha value is -2.04. The summed E-state index contributed by atoms with van der Waals surface area (Å²) in [5.41, 5.74) is 0.838. The predicted octanol–water partition coefficient (Wildman–Crippen LogP) is 3.03. The van der Waals surface area contributed by atoms with Crippen molar-refractivity contribution in [3.63, 3.8) is 0 Å². The molecule has 1 atom stereocenters. The fraction of sp³-hybridized carbons (Fsp3) is 0.438. The van der Waals surface area contributed by atoms with Gasteiger partial charge in [-0.1, -0.05) is 18.2 Å². The number of guanidine groups is 1. The van der Waals surface area contributed by atoms with Crippen LogP contribution >= 0.6 is 0 Å². The van der Waals surface area contributed by atoms with E-state index in [1.165, 1.54) is 13.2 Å². The van der Waals surface area contributed by atoms with Crippen LogP contribution in [0.15, 0.2) is 35.3 Å². The van der Waals surface area contributed by atoms with Gasteiger partial charge in [0.05, 0.1) is 13.2 Å². The Morgan fingerprint density at radius 2 is 2.24 bits per heavy atom. The Balaban J connectivity index is 2.61. The summed E-state index contributed by atoms with van der Waals surface area (Å²) in [5.74, 6) is 0.586. The number of benzene rings is 1. The van der Waals surface area contributed by atoms with E-state index in [4.69, 9.17) is 4.74 Å². The SMILES string of the molecule is CC=CCCNC(=NC)NC(C)c1ccc(OC)c(F)c1. The number of hydrogen-bond donors (Lipinski definition) is 2. The monoisotopic (exact) mass is 293 g/mol. The Bertz CT molecular complexity index is 500. The molecule has 0 radical (unpaired) electrons. The third-order valence-corrected chi connectivity index (χ3v) is 3.09. The van der Waals surface area contributed by atoms with Crippen molar-refractivity contribution in [3.05, 3.63) is 41.7 Å². The van der Waals surface area contributed by atoms with Crippen molar-refractivity contribution in [2.24, 2.45) is 4.99 Å². The number of aliphatic imine (C=N–C) groups is 1. The molecule has 1 aromatic rings. The molecule has 0 aliphatic heterocycles. The highest BCUT2D eigenvalue weighted by Gasteiger charge is 2.10. The first-order valence-corrected chi connectivity index (χ1v) is 7.04. The fourth-order valence-electron chi connectivity index (χ4n) is 1.88. The Labute approximate surface area is 126 Å². The van der Waals surface area contributed by atoms with Crippen molar-refractivity contribution >= 4 is 5.96 Å². The first-order chi connectivity index (χ1) is 10.1. The third kappa shape index (κ3) is 5.45. The topological polar surface area (TPSA) is 45.7 Å². The smallest absolute Gasteiger partial charge is 0.191 e. The van der Waals surface area contributed by atoms with Crippen molar-refractivity contribution in [3.8, 4) is 5.75 Å². The van der Waals surface area contributed by atoms with Gasteiger partial charge < -0.3 is 15.4 Å². The molecule has 0 fully saturated rings. The summed E-state index contributed by atoms with van der Waals surface area (Å²) < 4.78 is 18.6. The van der Waals surface area contributed by atoms with E-state index in [-0.39, 0.29) is 17.6 Å². The van der Waals surface area contributed by atoms with Crippen LogP contribution in [-0.2, 0) is 0 Å². The van der Waals surface area contributed by atoms with E-state index in [1.54, 1.807) is 13.1 Å². The zero-order valence-corrected chi connectivity index (χ0v) is 13.1. The normalized spacial score (nSPS) is 13.3. The summed E-state index contributed by atoms with van der Waals surface area (Å²) in [6, 6.07) is 4.89. The zero-order chi connectivity index (χ0) is 15.7. The van der Waals surface area contributed by atoms with Gasteiger partial charge in [0.1, 0.15) is 0 Å². The van der Waals surface area contributed by atoms with E-state index in [0.717, 1.165) is 18.5 Å². The molecular weight excluding hydrogens is 269 g/mol. The highest BCUT2D eigenvalue weighted by Crippen LogP contribution is 2.21. The summed E-state index contributed by atoms with van der Waals surface area (Å²) in [6.45, 7) is 4.75. The molecule has 0 spiro atoms. The van der Waals surface area contributed by atoms with E-state index in [0.29, 0.717) is 5.96 Å². The molecule has 0 bridgehead atoms. The lowest BCUT2D eigenvalue weighted by atomic mass is 10.1. The van der Waals surface area contributed by atoms with Gasteiger partial charge in [0, 0.05) is 13.6 Å². The van der Waals surface area contributed by atoms with E-state index < -0.39 is 0 Å². The van der Waals surface area contributed by atoms with Crippen molar-refractivity contribution < 1.29 is 9.13 Å². The maximum Gasteiger partial charge on any atom is 0.191 e. The lowest BCUT2D eigenvalue weighted by molar-refractivity contribution is 0.386. The van der Waals surface area contributed by atoms with Gasteiger partial charge in [-0.05, 0) is 38.0 Å². The van der Waals surface area contributed by atoms with Crippen LogP contribution in [0.25, 0.3) is 0 Å². The maximum absolute atomic E-state index is 13.7. The molecule has 0 heterocycles. The molecule has 1 aromatic carbocycles. The number of methoxy groups -OCH3 is 1. The molecule has 116 valence electrons. The lowest BCUT2D eigenvalue weighted by Gasteiger charge is -2.18. The van der Waals surface area contributed by atoms with Gasteiger partial charge in [-0.3, -0.25) is 4.99 Å². The molecule has 21 heavy (non-hydrogen) atoms. The van der Waals surface area contributed by atoms with Crippen LogP contribution in [0.2, 0.25) is 0 Å². The second-order valence-corrected chi connectivity index (χ2v) is 4.62. The van der Waals surface area contributed by atoms with E-state index in [1.807, 2.05) is 26.0 Å². The van der Waals surface area contributed by atoms with Crippen LogP contribution in [0, 0.1) is 5.82 Å². The second kappa shape index (κ2) is 9.00. The van der Waals surface area contributed by atoms with Crippen LogP contribution in [-0.4, -0.2) is 26.7 Å². The number of ether oxygens (including phenoxy) is 1. The number of allylic oxidation sites excluding steroid dienone is 1. The highest BCUT2D eigenvalue weighted by atomic mass is 19.1. The molecule has 0 aromatic heterocycles. The first kappa shape index (κ1) is 17.0. The van der Waals surface area contributed by atoms with Crippen LogP contribution in [0.4, 0.5) is 4.39 Å². The van der Waals surface area contributed by atoms with E-state index in [9.17, 15) is 4.39 Å². The zero-order valence-electron chi connectivity index (χ0n) is 13.1. The van der Waals surface area contributed by atoms with Crippen molar-refractivity contribution in [2.75, 3.05) is 20.7 Å². The fourth-order valence-corrected chi connectivity index (χ4v) is 1.88. The largest absolute Gasteiger partial charge is 0.494 e. The maximum atomic E-state index is 13.7. The molecule has 1 rings (SSSR count). The summed E-state index contributed by atoms with van der Waals surface area (Å²) >= 11 is 0. The van der Waals surface area contributed by atoms with E-state index in [2.05, 4.69) is 21.7 Å². The van der Waals surface area contributed by atoms with Crippen molar-refractivity contribution in [1.29, 1.82) is 0 Å². The lowest BCUT2D eigenvalue weighted by Crippen LogP contribution is -2.39. The van der Waals surface area contributed by atoms with Gasteiger partial charge in [0.15, 0.2) is 17.5 Å². The summed E-state index contributed by atoms with van der Waals surface area (Å²) in [4.78, 5) is 4.16. The quantitative estimate of drug-likeness (QED) is 0.367. The van der Waals surface area contributed by atoms with Crippen LogP contribution in [0.1, 0.15) is 31.9 Å². The summed E-state index contributed by atoms with van der Waals surface area (Å²) in [6.07, 6.45) is 5.03. The molecule has 2 N–H and O–H groups in total. The third-order valence-electron chi connectivity index (χ3n) is 3.09. The Morgan fingerprint density at radius 3 is 2.81 bits per heavy atom. The Morgan fingerprint density at radius 1 is 1.48 bits per heavy atom. The highest BCUT2D eigenvalue weighted by molar-refractivity contribution is 5.80. The standard InChI is InChI=1S/C16H24FN3O/c1-5-6-7-10-19-16(18-3)20-12(2)13-8-9-15(21-4)14(17)11-13/h5-6,8-9,11-12H,7,10H2,1-4H3,(H2,18,19,20). The number of nitrogens with zero attached hydrogens (tertiary/aromatic N) is 1. The van der Waals surface area contributed by atoms with Gasteiger partial charge in [-0.25, -0.2) is 4.39 Å². The molecule has 0 saturated heterocycles. The van der Waals surface area contributed by atoms with Crippen LogP contribution in [0.3, 0.4) is 0 Å². The molecule has 1 unspecified atom stereocenters. The molecular formula is C16H24FN3O. The van der Waals surface area contributed by atoms with Crippen LogP contribution in [0.5, 0.6) is 5.75 Å². The first-order valence-electron chi connectivity index (χ1n) is 7.04. The average molecular weight is 293 g/mol. The van der Waals surface area contributed by atoms with Crippen molar-refractivity contribution in [1.82, 2.24) is 10.6 Å². The summed E-state index contributed by atoms with van der Waals surface area (Å²) in [7, 11) is 3.17. The molecule has 4 nitrogen and oxygen atoms in total. The predicted molar refractivity (Wildman–Crippen MR) is 85.3 cm³/mol. The second-order valence-electron chi connectivity index (χ2n) is 4.62. The number of halogens is 1. The molecule has 0 aliphatic rings. The molecule has 0 saturated carbocycles. The Kier molecular flexibility index (Phi) is 7.29. The average Bonchev–Trinajstić information content (AvgIpc) is 2.50. The minimum Gasteiger partial charge on any atom is -0.494 e. The molecule has 0 aliphatic carbocycles. The van der Waals surface area contributed by atoms with Gasteiger partial charge in [-0.2, -0.15) is 0 Å². The van der Waals surface area contributed by atoms with Crippen molar-refractivity contribution in [2.45, 2.75) is 26.3 Å². The molecule has 0 amide bonds. The van der Waals surface area contributed by atoms with Crippen LogP contribution < -0.4 is 15.4 Å². The van der Waals surface area contributed by atoms with E-state index >= 15 is 0 Å². The number of rotatable bonds is 6. The minimum absolute atomic E-state index is 0.0571.